The first-order chi connectivity index (χ1) is 9.52. The topological polar surface area (TPSA) is 58.7 Å². The number of hydrogen-bond donors (Lipinski definition) is 1. The number of epoxide rings is 1. The number of nitrogens with one attached hydrogen (secondary N) is 1. The van der Waals surface area contributed by atoms with Crippen molar-refractivity contribution in [2.75, 3.05) is 6.54 Å². The molecule has 1 heterocycles. The quantitative estimate of drug-likeness (QED) is 0.868. The lowest BCUT2D eigenvalue weighted by Gasteiger charge is -2.18. The zero-order valence-corrected chi connectivity index (χ0v) is 12.6. The normalized spacial score (nSPS) is 24.8. The molecule has 0 bridgehead atoms. The van der Waals surface area contributed by atoms with Crippen LogP contribution in [0, 0.1) is 6.92 Å². The van der Waals surface area contributed by atoms with Crippen LogP contribution in [0.15, 0.2) is 29.2 Å². The van der Waals surface area contributed by atoms with E-state index in [4.69, 9.17) is 4.74 Å². The van der Waals surface area contributed by atoms with Crippen LogP contribution in [-0.4, -0.2) is 26.7 Å². The summed E-state index contributed by atoms with van der Waals surface area (Å²) in [5.41, 5.74) is 1.03. The Morgan fingerprint density at radius 1 is 1.20 bits per heavy atom. The molecule has 1 aliphatic carbocycles. The fraction of sp³-hybridized carbons (Fsp3) is 0.600. The molecule has 110 valence electrons. The van der Waals surface area contributed by atoms with Crippen LogP contribution in [-0.2, 0) is 14.8 Å². The van der Waals surface area contributed by atoms with Crippen molar-refractivity contribution < 1.29 is 13.2 Å². The van der Waals surface area contributed by atoms with Gasteiger partial charge in [0.05, 0.1) is 10.5 Å². The molecule has 1 N–H and O–H groups in total. The third-order valence-electron chi connectivity index (χ3n) is 4.40. The highest BCUT2D eigenvalue weighted by Crippen LogP contribution is 2.47. The number of hydrogen-bond acceptors (Lipinski definition) is 3. The van der Waals surface area contributed by atoms with E-state index in [0.29, 0.717) is 11.4 Å². The van der Waals surface area contributed by atoms with Crippen molar-refractivity contribution in [2.24, 2.45) is 0 Å². The molecule has 5 heteroatoms. The van der Waals surface area contributed by atoms with Crippen molar-refractivity contribution in [3.63, 3.8) is 0 Å². The van der Waals surface area contributed by atoms with E-state index in [1.54, 1.807) is 12.1 Å². The number of rotatable bonds is 4. The molecule has 3 rings (SSSR count). The smallest absolute Gasteiger partial charge is 0.240 e. The Morgan fingerprint density at radius 2 is 1.85 bits per heavy atom. The minimum absolute atomic E-state index is 0.0198. The standard InChI is InChI=1S/C15H21NO3S/c1-12-5-7-13(8-6-12)20(17,18)16-11-14-15(19-14)9-3-2-4-10-15/h5-8,14,16H,2-4,9-11H2,1H3/t14-/m0/s1. The predicted molar refractivity (Wildman–Crippen MR) is 77.1 cm³/mol. The Bertz CT molecular complexity index is 574. The number of aryl methyl sites for hydroxylation is 1. The third kappa shape index (κ3) is 2.75. The zero-order chi connectivity index (χ0) is 14.2. The summed E-state index contributed by atoms with van der Waals surface area (Å²) in [5, 5.41) is 0. The van der Waals surface area contributed by atoms with E-state index < -0.39 is 10.0 Å². The molecule has 0 amide bonds. The van der Waals surface area contributed by atoms with Crippen LogP contribution in [0.1, 0.15) is 37.7 Å². The molecule has 4 nitrogen and oxygen atoms in total. The van der Waals surface area contributed by atoms with Crippen LogP contribution < -0.4 is 4.72 Å². The third-order valence-corrected chi connectivity index (χ3v) is 5.84. The fourth-order valence-electron chi connectivity index (χ4n) is 3.05. The van der Waals surface area contributed by atoms with Crippen LogP contribution in [0.3, 0.4) is 0 Å². The average Bonchev–Trinajstić information content (AvgIpc) is 3.10. The Labute approximate surface area is 120 Å². The molecule has 2 aliphatic rings. The van der Waals surface area contributed by atoms with E-state index in [-0.39, 0.29) is 11.7 Å². The summed E-state index contributed by atoms with van der Waals surface area (Å²) >= 11 is 0. The molecule has 0 aromatic heterocycles. The summed E-state index contributed by atoms with van der Waals surface area (Å²) in [6.07, 6.45) is 5.87. The summed E-state index contributed by atoms with van der Waals surface area (Å²) in [5.74, 6) is 0. The Morgan fingerprint density at radius 3 is 2.50 bits per heavy atom. The van der Waals surface area contributed by atoms with Gasteiger partial charge in [0.25, 0.3) is 0 Å². The maximum absolute atomic E-state index is 12.2. The van der Waals surface area contributed by atoms with Crippen molar-refractivity contribution in [2.45, 2.75) is 55.6 Å². The minimum Gasteiger partial charge on any atom is -0.365 e. The lowest BCUT2D eigenvalue weighted by Crippen LogP contribution is -2.31. The maximum Gasteiger partial charge on any atom is 0.240 e. The summed E-state index contributed by atoms with van der Waals surface area (Å²) in [7, 11) is -3.42. The SMILES string of the molecule is Cc1ccc(S(=O)(=O)NC[C@@H]2OC23CCCCC3)cc1. The molecule has 1 spiro atoms. The highest BCUT2D eigenvalue weighted by molar-refractivity contribution is 7.89. The zero-order valence-electron chi connectivity index (χ0n) is 11.8. The maximum atomic E-state index is 12.2. The van der Waals surface area contributed by atoms with E-state index in [0.717, 1.165) is 18.4 Å². The van der Waals surface area contributed by atoms with E-state index in [1.807, 2.05) is 19.1 Å². The summed E-state index contributed by atoms with van der Waals surface area (Å²) in [6.45, 7) is 2.32. The first-order valence-corrected chi connectivity index (χ1v) is 8.74. The second-order valence-corrected chi connectivity index (χ2v) is 7.66. The van der Waals surface area contributed by atoms with Gasteiger partial charge in [0.15, 0.2) is 0 Å². The molecule has 1 aliphatic heterocycles. The van der Waals surface area contributed by atoms with Gasteiger partial charge < -0.3 is 4.74 Å². The van der Waals surface area contributed by atoms with Crippen LogP contribution in [0.5, 0.6) is 0 Å². The van der Waals surface area contributed by atoms with Crippen molar-refractivity contribution >= 4 is 10.0 Å². The van der Waals surface area contributed by atoms with Gasteiger partial charge in [-0.2, -0.15) is 0 Å². The first-order valence-electron chi connectivity index (χ1n) is 7.26. The Hall–Kier alpha value is -0.910. The highest BCUT2D eigenvalue weighted by atomic mass is 32.2. The average molecular weight is 295 g/mol. The first kappa shape index (κ1) is 14.0. The number of ether oxygens (including phenoxy) is 1. The molecule has 1 aromatic carbocycles. The molecular formula is C15H21NO3S. The molecule has 1 atom stereocenters. The minimum atomic E-state index is -3.42. The second kappa shape index (κ2) is 5.13. The fourth-order valence-corrected chi connectivity index (χ4v) is 4.09. The van der Waals surface area contributed by atoms with Crippen LogP contribution in [0.4, 0.5) is 0 Å². The molecule has 0 unspecified atom stereocenters. The molecule has 20 heavy (non-hydrogen) atoms. The second-order valence-electron chi connectivity index (χ2n) is 5.90. The molecule has 2 fully saturated rings. The summed E-state index contributed by atoms with van der Waals surface area (Å²) in [4.78, 5) is 0.321. The van der Waals surface area contributed by atoms with Crippen LogP contribution >= 0.6 is 0 Å². The lowest BCUT2D eigenvalue weighted by molar-refractivity contribution is 0.233. The van der Waals surface area contributed by atoms with Gasteiger partial charge in [-0.1, -0.05) is 37.0 Å². The molecular weight excluding hydrogens is 274 g/mol. The summed E-state index contributed by atoms with van der Waals surface area (Å²) < 4.78 is 32.8. The van der Waals surface area contributed by atoms with Crippen molar-refractivity contribution in [1.82, 2.24) is 4.72 Å². The number of benzene rings is 1. The predicted octanol–water partition coefficient (Wildman–Crippen LogP) is 2.38. The number of sulfonamides is 1. The van der Waals surface area contributed by atoms with E-state index in [1.165, 1.54) is 19.3 Å². The highest BCUT2D eigenvalue weighted by Gasteiger charge is 2.55. The Balaban J connectivity index is 1.59. The van der Waals surface area contributed by atoms with Gasteiger partial charge in [-0.15, -0.1) is 0 Å². The van der Waals surface area contributed by atoms with Gasteiger partial charge in [0, 0.05) is 6.54 Å². The van der Waals surface area contributed by atoms with Gasteiger partial charge >= 0.3 is 0 Å². The van der Waals surface area contributed by atoms with E-state index in [9.17, 15) is 8.42 Å². The van der Waals surface area contributed by atoms with Crippen LogP contribution in [0.25, 0.3) is 0 Å². The molecule has 1 aromatic rings. The molecule has 1 saturated carbocycles. The van der Waals surface area contributed by atoms with Crippen molar-refractivity contribution in [3.8, 4) is 0 Å². The van der Waals surface area contributed by atoms with Gasteiger partial charge in [-0.3, -0.25) is 0 Å². The van der Waals surface area contributed by atoms with Gasteiger partial charge in [-0.25, -0.2) is 13.1 Å². The monoisotopic (exact) mass is 295 g/mol. The van der Waals surface area contributed by atoms with E-state index in [2.05, 4.69) is 4.72 Å². The van der Waals surface area contributed by atoms with Gasteiger partial charge in [-0.05, 0) is 31.9 Å². The largest absolute Gasteiger partial charge is 0.365 e. The molecule has 1 saturated heterocycles. The van der Waals surface area contributed by atoms with E-state index >= 15 is 0 Å². The Kier molecular flexibility index (Phi) is 3.60. The van der Waals surface area contributed by atoms with Crippen LogP contribution in [0.2, 0.25) is 0 Å². The summed E-state index contributed by atoms with van der Waals surface area (Å²) in [6, 6.07) is 6.90. The van der Waals surface area contributed by atoms with Crippen molar-refractivity contribution in [3.05, 3.63) is 29.8 Å². The van der Waals surface area contributed by atoms with Gasteiger partial charge in [0.1, 0.15) is 6.10 Å². The molecule has 0 radical (unpaired) electrons. The van der Waals surface area contributed by atoms with Crippen molar-refractivity contribution in [1.29, 1.82) is 0 Å². The lowest BCUT2D eigenvalue weighted by atomic mass is 9.86. The van der Waals surface area contributed by atoms with Gasteiger partial charge in [0.2, 0.25) is 10.0 Å².